The zero-order valence-electron chi connectivity index (χ0n) is 15.8. The van der Waals surface area contributed by atoms with Crippen molar-refractivity contribution >= 4 is 29.1 Å². The maximum absolute atomic E-state index is 12.3. The number of carbonyl (C=O) groups is 3. The summed E-state index contributed by atoms with van der Waals surface area (Å²) in [6.45, 7) is 0.684. The molecule has 0 aliphatic carbocycles. The molecule has 1 aromatic heterocycles. The van der Waals surface area contributed by atoms with Gasteiger partial charge < -0.3 is 5.32 Å². The summed E-state index contributed by atoms with van der Waals surface area (Å²) in [5.41, 5.74) is 4.18. The minimum atomic E-state index is -0.282. The normalized spacial score (nSPS) is 12.9. The van der Waals surface area contributed by atoms with Crippen LogP contribution in [0.25, 0.3) is 11.1 Å². The van der Waals surface area contributed by atoms with Crippen molar-refractivity contribution in [2.45, 2.75) is 19.4 Å². The number of hydrogen-bond donors (Lipinski definition) is 1. The van der Waals surface area contributed by atoms with Gasteiger partial charge in [0.15, 0.2) is 0 Å². The predicted molar refractivity (Wildman–Crippen MR) is 113 cm³/mol. The Balaban J connectivity index is 1.29. The van der Waals surface area contributed by atoms with Crippen LogP contribution in [0.15, 0.2) is 65.4 Å². The van der Waals surface area contributed by atoms with Crippen molar-refractivity contribution in [1.29, 1.82) is 0 Å². The van der Waals surface area contributed by atoms with E-state index in [2.05, 4.69) is 16.8 Å². The van der Waals surface area contributed by atoms with E-state index in [0.717, 1.165) is 16.7 Å². The van der Waals surface area contributed by atoms with Crippen LogP contribution in [0.5, 0.6) is 0 Å². The molecule has 0 fully saturated rings. The van der Waals surface area contributed by atoms with Crippen molar-refractivity contribution in [3.63, 3.8) is 0 Å². The summed E-state index contributed by atoms with van der Waals surface area (Å²) in [7, 11) is 0. The highest BCUT2D eigenvalue weighted by Crippen LogP contribution is 2.26. The number of nitrogens with one attached hydrogen (secondary N) is 1. The summed E-state index contributed by atoms with van der Waals surface area (Å²) in [6.07, 6.45) is 0.692. The third-order valence-corrected chi connectivity index (χ3v) is 5.67. The van der Waals surface area contributed by atoms with Crippen molar-refractivity contribution in [2.24, 2.45) is 0 Å². The molecule has 0 saturated heterocycles. The van der Waals surface area contributed by atoms with Gasteiger partial charge in [-0.2, -0.15) is 11.3 Å². The Hall–Kier alpha value is -3.25. The van der Waals surface area contributed by atoms with Crippen LogP contribution in [0, 0.1) is 0 Å². The molecule has 3 aromatic rings. The zero-order chi connectivity index (χ0) is 20.2. The Labute approximate surface area is 173 Å². The Morgan fingerprint density at radius 3 is 2.21 bits per heavy atom. The molecule has 5 nitrogen and oxygen atoms in total. The predicted octanol–water partition coefficient (Wildman–Crippen LogP) is 4.11. The first-order valence-electron chi connectivity index (χ1n) is 9.47. The monoisotopic (exact) mass is 404 g/mol. The molecule has 1 aliphatic rings. The van der Waals surface area contributed by atoms with E-state index in [-0.39, 0.29) is 30.7 Å². The van der Waals surface area contributed by atoms with Crippen molar-refractivity contribution in [3.05, 3.63) is 82.0 Å². The molecule has 0 atom stereocenters. The van der Waals surface area contributed by atoms with E-state index in [1.807, 2.05) is 29.6 Å². The number of nitrogens with zero attached hydrogens (tertiary/aromatic N) is 1. The minimum Gasteiger partial charge on any atom is -0.352 e. The van der Waals surface area contributed by atoms with Gasteiger partial charge in [0.05, 0.1) is 11.1 Å². The lowest BCUT2D eigenvalue weighted by Crippen LogP contribution is -2.32. The fourth-order valence-electron chi connectivity index (χ4n) is 3.50. The maximum atomic E-state index is 12.3. The van der Waals surface area contributed by atoms with E-state index in [1.165, 1.54) is 4.90 Å². The largest absolute Gasteiger partial charge is 0.352 e. The fraction of sp³-hybridized carbons (Fsp3) is 0.174. The molecule has 2 aromatic carbocycles. The minimum absolute atomic E-state index is 0.0956. The third-order valence-electron chi connectivity index (χ3n) is 4.99. The van der Waals surface area contributed by atoms with E-state index in [1.54, 1.807) is 35.6 Å². The molecule has 0 saturated carbocycles. The molecule has 0 spiro atoms. The number of rotatable bonds is 7. The third kappa shape index (κ3) is 3.98. The maximum Gasteiger partial charge on any atom is 0.261 e. The van der Waals surface area contributed by atoms with Crippen LogP contribution in [0.1, 0.15) is 39.1 Å². The van der Waals surface area contributed by atoms with Gasteiger partial charge in [-0.3, -0.25) is 19.3 Å². The second-order valence-corrected chi connectivity index (χ2v) is 7.64. The van der Waals surface area contributed by atoms with Crippen LogP contribution in [-0.2, 0) is 11.3 Å². The Morgan fingerprint density at radius 2 is 1.55 bits per heavy atom. The summed E-state index contributed by atoms with van der Waals surface area (Å²) in [6, 6.07) is 16.9. The topological polar surface area (TPSA) is 66.5 Å². The highest BCUT2D eigenvalue weighted by Gasteiger charge is 2.34. The average molecular weight is 404 g/mol. The second-order valence-electron chi connectivity index (χ2n) is 6.86. The number of hydrogen-bond acceptors (Lipinski definition) is 4. The first-order chi connectivity index (χ1) is 14.1. The van der Waals surface area contributed by atoms with Gasteiger partial charge in [-0.25, -0.2) is 0 Å². The van der Waals surface area contributed by atoms with Crippen LogP contribution in [0.3, 0.4) is 0 Å². The van der Waals surface area contributed by atoms with Crippen molar-refractivity contribution in [1.82, 2.24) is 10.2 Å². The van der Waals surface area contributed by atoms with Gasteiger partial charge in [-0.1, -0.05) is 36.4 Å². The molecule has 146 valence electrons. The molecule has 0 radical (unpaired) electrons. The Morgan fingerprint density at radius 1 is 0.897 bits per heavy atom. The van der Waals surface area contributed by atoms with Crippen LogP contribution >= 0.6 is 11.3 Å². The first kappa shape index (κ1) is 19.1. The molecule has 3 amide bonds. The molecule has 1 N–H and O–H groups in total. The van der Waals surface area contributed by atoms with E-state index in [4.69, 9.17) is 0 Å². The first-order valence-corrected chi connectivity index (χ1v) is 10.4. The highest BCUT2D eigenvalue weighted by molar-refractivity contribution is 7.08. The molecule has 0 bridgehead atoms. The number of imide groups is 1. The van der Waals surface area contributed by atoms with Crippen molar-refractivity contribution < 1.29 is 14.4 Å². The van der Waals surface area contributed by atoms with Crippen LogP contribution in [0.4, 0.5) is 0 Å². The van der Waals surface area contributed by atoms with Gasteiger partial charge in [0.2, 0.25) is 5.91 Å². The van der Waals surface area contributed by atoms with Crippen LogP contribution in [0.2, 0.25) is 0 Å². The van der Waals surface area contributed by atoms with E-state index >= 15 is 0 Å². The summed E-state index contributed by atoms with van der Waals surface area (Å²) in [5, 5.41) is 7.06. The number of carbonyl (C=O) groups excluding carboxylic acids is 3. The summed E-state index contributed by atoms with van der Waals surface area (Å²) >= 11 is 1.64. The second kappa shape index (κ2) is 8.41. The molecule has 1 aliphatic heterocycles. The molecule has 0 unspecified atom stereocenters. The SMILES string of the molecule is O=C(CCCN1C(=O)c2ccccc2C1=O)NCc1ccccc1-c1ccsc1. The van der Waals surface area contributed by atoms with Crippen molar-refractivity contribution in [3.8, 4) is 11.1 Å². The molecular formula is C23H20N2O3S. The molecule has 6 heteroatoms. The number of fused-ring (bicyclic) bond motifs is 1. The van der Waals surface area contributed by atoms with Gasteiger partial charge in [0.1, 0.15) is 0 Å². The van der Waals surface area contributed by atoms with Gasteiger partial charge in [0.25, 0.3) is 11.8 Å². The number of benzene rings is 2. The van der Waals surface area contributed by atoms with E-state index < -0.39 is 0 Å². The lowest BCUT2D eigenvalue weighted by molar-refractivity contribution is -0.121. The Kier molecular flexibility index (Phi) is 5.53. The average Bonchev–Trinajstić information content (AvgIpc) is 3.36. The highest BCUT2D eigenvalue weighted by atomic mass is 32.1. The summed E-state index contributed by atoms with van der Waals surface area (Å²) in [4.78, 5) is 38.2. The van der Waals surface area contributed by atoms with Crippen LogP contribution in [-0.4, -0.2) is 29.2 Å². The lowest BCUT2D eigenvalue weighted by atomic mass is 10.0. The molecular weight excluding hydrogens is 384 g/mol. The zero-order valence-corrected chi connectivity index (χ0v) is 16.6. The summed E-state index contributed by atoms with van der Waals surface area (Å²) in [5.74, 6) is -0.659. The van der Waals surface area contributed by atoms with Gasteiger partial charge in [0, 0.05) is 19.5 Å². The quantitative estimate of drug-likeness (QED) is 0.603. The van der Waals surface area contributed by atoms with Gasteiger partial charge in [-0.05, 0) is 52.1 Å². The molecule has 29 heavy (non-hydrogen) atoms. The number of thiophene rings is 1. The van der Waals surface area contributed by atoms with E-state index in [9.17, 15) is 14.4 Å². The van der Waals surface area contributed by atoms with Crippen molar-refractivity contribution in [2.75, 3.05) is 6.54 Å². The fourth-order valence-corrected chi connectivity index (χ4v) is 4.15. The smallest absolute Gasteiger partial charge is 0.261 e. The Bertz CT molecular complexity index is 1020. The van der Waals surface area contributed by atoms with Gasteiger partial charge in [-0.15, -0.1) is 0 Å². The van der Waals surface area contributed by atoms with Gasteiger partial charge >= 0.3 is 0 Å². The van der Waals surface area contributed by atoms with E-state index in [0.29, 0.717) is 24.1 Å². The molecule has 2 heterocycles. The molecule has 4 rings (SSSR count). The standard InChI is InChI=1S/C23H20N2O3S/c26-21(24-14-16-6-1-2-7-18(16)17-11-13-29-15-17)10-5-12-25-22(27)19-8-3-4-9-20(19)23(25)28/h1-4,6-9,11,13,15H,5,10,12,14H2,(H,24,26). The summed E-state index contributed by atoms with van der Waals surface area (Å²) < 4.78 is 0. The lowest BCUT2D eigenvalue weighted by Gasteiger charge is -2.14. The van der Waals surface area contributed by atoms with Crippen LogP contribution < -0.4 is 5.32 Å². The number of amides is 3.